The van der Waals surface area contributed by atoms with Crippen LogP contribution < -0.4 is 4.74 Å². The minimum absolute atomic E-state index is 0.0276. The van der Waals surface area contributed by atoms with Gasteiger partial charge in [-0.2, -0.15) is 0 Å². The van der Waals surface area contributed by atoms with Crippen molar-refractivity contribution >= 4 is 18.0 Å². The number of rotatable bonds is 6. The van der Waals surface area contributed by atoms with Crippen LogP contribution in [0.4, 0.5) is 0 Å². The zero-order valence-corrected chi connectivity index (χ0v) is 18.2. The van der Waals surface area contributed by atoms with Crippen LogP contribution >= 0.6 is 0 Å². The van der Waals surface area contributed by atoms with Crippen LogP contribution in [0.3, 0.4) is 0 Å². The van der Waals surface area contributed by atoms with Gasteiger partial charge in [-0.05, 0) is 41.5 Å². The molecular weight excluding hydrogens is 464 g/mol. The summed E-state index contributed by atoms with van der Waals surface area (Å²) in [4.78, 5) is 24.5. The van der Waals surface area contributed by atoms with E-state index in [4.69, 9.17) is 14.2 Å². The molecular formula is C24H24O11. The van der Waals surface area contributed by atoms with Crippen LogP contribution in [0.25, 0.3) is 6.08 Å². The van der Waals surface area contributed by atoms with Crippen LogP contribution in [0.15, 0.2) is 54.1 Å². The Labute approximate surface area is 199 Å². The minimum atomic E-state index is -1.60. The van der Waals surface area contributed by atoms with E-state index in [-0.39, 0.29) is 17.1 Å². The monoisotopic (exact) mass is 488 g/mol. The summed E-state index contributed by atoms with van der Waals surface area (Å²) < 4.78 is 16.2. The lowest BCUT2D eigenvalue weighted by Crippen LogP contribution is -2.60. The predicted octanol–water partition coefficient (Wildman–Crippen LogP) is -0.0468. The molecule has 2 heterocycles. The number of carboxylic acid groups (broad SMARTS) is 1. The molecule has 7 atom stereocenters. The van der Waals surface area contributed by atoms with Crippen LogP contribution in [-0.2, 0) is 19.1 Å². The molecule has 2 aromatic carbocycles. The zero-order chi connectivity index (χ0) is 25.3. The van der Waals surface area contributed by atoms with E-state index < -0.39 is 61.3 Å². The van der Waals surface area contributed by atoms with Gasteiger partial charge >= 0.3 is 11.9 Å². The van der Waals surface area contributed by atoms with Crippen LogP contribution in [0.2, 0.25) is 0 Å². The standard InChI is InChI=1S/C24H24O11/c25-10-16-18(27)19(28)20(29)24(34-16)33-14-7-3-12(4-8-14)21-17(22(30)31)15(23(32)35-21)9-11-1-5-13(26)6-2-11/h1-9,16-21,24-29H,10H2,(H,30,31)/t16-,17+,18+,19+,20+,21+,24+/m0/s1. The Balaban J connectivity index is 1.53. The third-order valence-corrected chi connectivity index (χ3v) is 5.90. The van der Waals surface area contributed by atoms with Gasteiger partial charge in [-0.1, -0.05) is 24.3 Å². The molecule has 2 aliphatic heterocycles. The Bertz CT molecular complexity index is 1090. The van der Waals surface area contributed by atoms with Crippen molar-refractivity contribution in [2.45, 2.75) is 36.8 Å². The number of carbonyl (C=O) groups excluding carboxylic acids is 1. The molecule has 2 fully saturated rings. The average Bonchev–Trinajstić information content (AvgIpc) is 3.17. The van der Waals surface area contributed by atoms with E-state index in [0.29, 0.717) is 11.1 Å². The van der Waals surface area contributed by atoms with Crippen molar-refractivity contribution in [1.29, 1.82) is 0 Å². The second-order valence-electron chi connectivity index (χ2n) is 8.22. The summed E-state index contributed by atoms with van der Waals surface area (Å²) in [6, 6.07) is 11.7. The van der Waals surface area contributed by atoms with Crippen molar-refractivity contribution in [2.75, 3.05) is 6.61 Å². The van der Waals surface area contributed by atoms with Crippen LogP contribution in [-0.4, -0.2) is 79.9 Å². The van der Waals surface area contributed by atoms with E-state index in [1.165, 1.54) is 54.6 Å². The van der Waals surface area contributed by atoms with Crippen LogP contribution in [0.5, 0.6) is 11.5 Å². The van der Waals surface area contributed by atoms with Gasteiger partial charge in [0, 0.05) is 0 Å². The maximum Gasteiger partial charge on any atom is 0.335 e. The Hall–Kier alpha value is -3.48. The second-order valence-corrected chi connectivity index (χ2v) is 8.22. The molecule has 11 nitrogen and oxygen atoms in total. The Kier molecular flexibility index (Phi) is 7.05. The topological polar surface area (TPSA) is 183 Å². The lowest BCUT2D eigenvalue weighted by atomic mass is 9.90. The van der Waals surface area contributed by atoms with Gasteiger partial charge in [0.05, 0.1) is 12.2 Å². The average molecular weight is 488 g/mol. The van der Waals surface area contributed by atoms with Gasteiger partial charge in [-0.15, -0.1) is 0 Å². The number of aromatic hydroxyl groups is 1. The molecule has 0 spiro atoms. The Morgan fingerprint density at radius 2 is 1.63 bits per heavy atom. The predicted molar refractivity (Wildman–Crippen MR) is 117 cm³/mol. The second kappa shape index (κ2) is 10.0. The number of aliphatic hydroxyl groups excluding tert-OH is 4. The Morgan fingerprint density at radius 3 is 2.23 bits per heavy atom. The van der Waals surface area contributed by atoms with Crippen molar-refractivity contribution < 1.29 is 54.4 Å². The number of carboxylic acids is 1. The number of esters is 1. The highest BCUT2D eigenvalue weighted by Crippen LogP contribution is 2.40. The lowest BCUT2D eigenvalue weighted by molar-refractivity contribution is -0.277. The van der Waals surface area contributed by atoms with Gasteiger partial charge in [-0.25, -0.2) is 4.79 Å². The van der Waals surface area contributed by atoms with E-state index in [1.807, 2.05) is 0 Å². The molecule has 0 amide bonds. The summed E-state index contributed by atoms with van der Waals surface area (Å²) >= 11 is 0. The molecule has 0 radical (unpaired) electrons. The third kappa shape index (κ3) is 4.99. The molecule has 186 valence electrons. The van der Waals surface area contributed by atoms with Gasteiger partial charge in [0.15, 0.2) is 0 Å². The minimum Gasteiger partial charge on any atom is -0.508 e. The molecule has 0 bridgehead atoms. The van der Waals surface area contributed by atoms with Crippen molar-refractivity contribution in [2.24, 2.45) is 5.92 Å². The Morgan fingerprint density at radius 1 is 0.971 bits per heavy atom. The van der Waals surface area contributed by atoms with Gasteiger partial charge in [-0.3, -0.25) is 4.79 Å². The molecule has 0 aromatic heterocycles. The maximum absolute atomic E-state index is 12.5. The fraction of sp³-hybridized carbons (Fsp3) is 0.333. The highest BCUT2D eigenvalue weighted by molar-refractivity contribution is 6.02. The molecule has 0 unspecified atom stereocenters. The summed E-state index contributed by atoms with van der Waals surface area (Å²) in [5.74, 6) is -3.12. The highest BCUT2D eigenvalue weighted by Gasteiger charge is 2.46. The third-order valence-electron chi connectivity index (χ3n) is 5.90. The zero-order valence-electron chi connectivity index (χ0n) is 18.2. The number of benzene rings is 2. The van der Waals surface area contributed by atoms with E-state index in [2.05, 4.69) is 0 Å². The first-order chi connectivity index (χ1) is 16.7. The van der Waals surface area contributed by atoms with E-state index >= 15 is 0 Å². The van der Waals surface area contributed by atoms with Crippen LogP contribution in [0, 0.1) is 5.92 Å². The van der Waals surface area contributed by atoms with Crippen LogP contribution in [0.1, 0.15) is 17.2 Å². The number of ether oxygens (including phenoxy) is 3. The van der Waals surface area contributed by atoms with Gasteiger partial charge < -0.3 is 44.8 Å². The molecule has 35 heavy (non-hydrogen) atoms. The summed E-state index contributed by atoms with van der Waals surface area (Å²) in [7, 11) is 0. The number of aliphatic carboxylic acids is 1. The number of carbonyl (C=O) groups is 2. The van der Waals surface area contributed by atoms with Gasteiger partial charge in [0.1, 0.15) is 47.9 Å². The summed E-state index contributed by atoms with van der Waals surface area (Å²) in [6.45, 7) is -0.604. The molecule has 11 heteroatoms. The van der Waals surface area contributed by atoms with Crippen molar-refractivity contribution in [3.63, 3.8) is 0 Å². The van der Waals surface area contributed by atoms with E-state index in [9.17, 15) is 40.2 Å². The first-order valence-electron chi connectivity index (χ1n) is 10.7. The van der Waals surface area contributed by atoms with E-state index in [1.54, 1.807) is 0 Å². The summed E-state index contributed by atoms with van der Waals surface area (Å²) in [6.07, 6.45) is -6.93. The molecule has 0 saturated carbocycles. The largest absolute Gasteiger partial charge is 0.508 e. The van der Waals surface area contributed by atoms with Crippen molar-refractivity contribution in [1.82, 2.24) is 0 Å². The SMILES string of the molecule is O=C1O[C@H](c2ccc(O[C@@H]3O[C@@H](CO)[C@@H](O)[C@@H](O)[C@H]3O)cc2)[C@H](C(=O)O)C1=Cc1ccc(O)cc1. The number of phenolic OH excluding ortho intramolecular Hbond substituents is 1. The van der Waals surface area contributed by atoms with Gasteiger partial charge in [0.25, 0.3) is 0 Å². The summed E-state index contributed by atoms with van der Waals surface area (Å²) in [5, 5.41) is 58.4. The maximum atomic E-state index is 12.5. The van der Waals surface area contributed by atoms with Crippen molar-refractivity contribution in [3.05, 3.63) is 65.2 Å². The quantitative estimate of drug-likeness (QED) is 0.237. The molecule has 2 aliphatic rings. The first-order valence-corrected chi connectivity index (χ1v) is 10.7. The normalized spacial score (nSPS) is 31.8. The number of aliphatic hydroxyl groups is 4. The fourth-order valence-corrected chi connectivity index (χ4v) is 4.00. The molecule has 0 aliphatic carbocycles. The van der Waals surface area contributed by atoms with Crippen molar-refractivity contribution in [3.8, 4) is 11.5 Å². The first kappa shape index (κ1) is 24.6. The number of hydrogen-bond donors (Lipinski definition) is 6. The number of hydrogen-bond acceptors (Lipinski definition) is 10. The number of phenols is 1. The fourth-order valence-electron chi connectivity index (χ4n) is 4.00. The molecule has 2 aromatic rings. The van der Waals surface area contributed by atoms with E-state index in [0.717, 1.165) is 0 Å². The highest BCUT2D eigenvalue weighted by atomic mass is 16.7. The molecule has 4 rings (SSSR count). The smallest absolute Gasteiger partial charge is 0.335 e. The molecule has 2 saturated heterocycles. The molecule has 6 N–H and O–H groups in total. The summed E-state index contributed by atoms with van der Waals surface area (Å²) in [5.41, 5.74) is 0.848. The number of cyclic esters (lactones) is 1. The lowest BCUT2D eigenvalue weighted by Gasteiger charge is -2.39. The van der Waals surface area contributed by atoms with Gasteiger partial charge in [0.2, 0.25) is 6.29 Å².